The second-order valence-corrected chi connectivity index (χ2v) is 9.52. The molecule has 2 aromatic rings. The molecule has 2 aromatic carbocycles. The third-order valence-electron chi connectivity index (χ3n) is 5.37. The van der Waals surface area contributed by atoms with Crippen molar-refractivity contribution in [2.24, 2.45) is 0 Å². The molecule has 1 aliphatic rings. The molecule has 0 bridgehead atoms. The van der Waals surface area contributed by atoms with Crippen molar-refractivity contribution in [2.45, 2.75) is 32.9 Å². The van der Waals surface area contributed by atoms with E-state index in [1.165, 1.54) is 4.31 Å². The fourth-order valence-electron chi connectivity index (χ4n) is 3.54. The van der Waals surface area contributed by atoms with Crippen molar-refractivity contribution in [3.05, 3.63) is 65.2 Å². The number of amides is 1. The Bertz CT molecular complexity index is 974. The third-order valence-corrected chi connectivity index (χ3v) is 7.19. The molecular weight excluding hydrogens is 388 g/mol. The van der Waals surface area contributed by atoms with Gasteiger partial charge in [-0.05, 0) is 43.0 Å². The fourth-order valence-corrected chi connectivity index (χ4v) is 4.76. The van der Waals surface area contributed by atoms with Crippen LogP contribution >= 0.6 is 0 Å². The molecule has 0 fully saturated rings. The standard InChI is InChI=1S/C22H28N2O4S/c1-4-29(26,27)24-16-19-11-7-6-10-18(19)15-20(24)22(25)23(3)13-14-28-21-12-8-5-9-17(21)2/h5-12,20H,4,13-16H2,1-3H3. The van der Waals surface area contributed by atoms with Gasteiger partial charge in [-0.15, -0.1) is 0 Å². The summed E-state index contributed by atoms with van der Waals surface area (Å²) in [6.07, 6.45) is 0.386. The zero-order valence-electron chi connectivity index (χ0n) is 17.2. The van der Waals surface area contributed by atoms with Gasteiger partial charge >= 0.3 is 0 Å². The summed E-state index contributed by atoms with van der Waals surface area (Å²) in [5, 5.41) is 0. The first-order valence-electron chi connectivity index (χ1n) is 9.83. The molecule has 0 aliphatic carbocycles. The number of nitrogens with zero attached hydrogens (tertiary/aromatic N) is 2. The first-order valence-corrected chi connectivity index (χ1v) is 11.4. The molecule has 0 spiro atoms. The summed E-state index contributed by atoms with van der Waals surface area (Å²) in [6.45, 7) is 4.53. The van der Waals surface area contributed by atoms with Crippen molar-refractivity contribution in [3.63, 3.8) is 0 Å². The first-order chi connectivity index (χ1) is 13.8. The predicted octanol–water partition coefficient (Wildman–Crippen LogP) is 2.61. The molecular formula is C22H28N2O4S. The lowest BCUT2D eigenvalue weighted by Crippen LogP contribution is -2.53. The molecule has 1 atom stereocenters. The van der Waals surface area contributed by atoms with Gasteiger partial charge in [0.25, 0.3) is 0 Å². The van der Waals surface area contributed by atoms with Crippen LogP contribution in [0.1, 0.15) is 23.6 Å². The van der Waals surface area contributed by atoms with E-state index in [0.717, 1.165) is 22.4 Å². The van der Waals surface area contributed by atoms with Crippen LogP contribution in [0.3, 0.4) is 0 Å². The minimum absolute atomic E-state index is 0.0287. The number of carbonyl (C=O) groups excluding carboxylic acids is 1. The lowest BCUT2D eigenvalue weighted by atomic mass is 9.95. The van der Waals surface area contributed by atoms with Crippen LogP contribution in [0.5, 0.6) is 5.75 Å². The second kappa shape index (κ2) is 8.97. The van der Waals surface area contributed by atoms with E-state index in [1.807, 2.05) is 55.5 Å². The summed E-state index contributed by atoms with van der Waals surface area (Å²) < 4.78 is 32.5. The van der Waals surface area contributed by atoms with Gasteiger partial charge in [0.2, 0.25) is 15.9 Å². The maximum absolute atomic E-state index is 13.2. The highest BCUT2D eigenvalue weighted by Gasteiger charge is 2.39. The molecule has 6 nitrogen and oxygen atoms in total. The van der Waals surface area contributed by atoms with Crippen LogP contribution in [0.25, 0.3) is 0 Å². The number of rotatable bonds is 7. The van der Waals surface area contributed by atoms with Crippen molar-refractivity contribution in [1.82, 2.24) is 9.21 Å². The van der Waals surface area contributed by atoms with Crippen LogP contribution in [-0.4, -0.2) is 55.5 Å². The van der Waals surface area contributed by atoms with Gasteiger partial charge in [-0.1, -0.05) is 42.5 Å². The van der Waals surface area contributed by atoms with E-state index >= 15 is 0 Å². The largest absolute Gasteiger partial charge is 0.491 e. The molecule has 0 saturated carbocycles. The molecule has 0 radical (unpaired) electrons. The highest BCUT2D eigenvalue weighted by Crippen LogP contribution is 2.27. The number of aryl methyl sites for hydroxylation is 1. The van der Waals surface area contributed by atoms with E-state index in [-0.39, 0.29) is 18.2 Å². The topological polar surface area (TPSA) is 66.9 Å². The van der Waals surface area contributed by atoms with Crippen LogP contribution in [0.15, 0.2) is 48.5 Å². The van der Waals surface area contributed by atoms with Crippen LogP contribution in [0, 0.1) is 6.92 Å². The summed E-state index contributed by atoms with van der Waals surface area (Å²) >= 11 is 0. The Kier molecular flexibility index (Phi) is 6.59. The van der Waals surface area contributed by atoms with Gasteiger partial charge in [0.05, 0.1) is 12.3 Å². The number of likely N-dealkylation sites (N-methyl/N-ethyl adjacent to an activating group) is 1. The molecule has 156 valence electrons. The van der Waals surface area contributed by atoms with Crippen molar-refractivity contribution in [2.75, 3.05) is 26.0 Å². The second-order valence-electron chi connectivity index (χ2n) is 7.31. The Balaban J connectivity index is 1.72. The van der Waals surface area contributed by atoms with Gasteiger partial charge in [0.15, 0.2) is 0 Å². The van der Waals surface area contributed by atoms with Gasteiger partial charge in [0.1, 0.15) is 18.4 Å². The molecule has 1 amide bonds. The van der Waals surface area contributed by atoms with Crippen LogP contribution in [0.4, 0.5) is 0 Å². The number of benzene rings is 2. The minimum Gasteiger partial charge on any atom is -0.491 e. The van der Waals surface area contributed by atoms with Gasteiger partial charge in [0, 0.05) is 13.6 Å². The van der Waals surface area contributed by atoms with E-state index in [9.17, 15) is 13.2 Å². The number of sulfonamides is 1. The van der Waals surface area contributed by atoms with Crippen molar-refractivity contribution in [3.8, 4) is 5.75 Å². The number of para-hydroxylation sites is 1. The van der Waals surface area contributed by atoms with E-state index in [4.69, 9.17) is 4.74 Å². The number of hydrogen-bond donors (Lipinski definition) is 0. The average molecular weight is 417 g/mol. The van der Waals surface area contributed by atoms with Gasteiger partial charge < -0.3 is 9.64 Å². The highest BCUT2D eigenvalue weighted by atomic mass is 32.2. The number of ether oxygens (including phenoxy) is 1. The Hall–Kier alpha value is -2.38. The Morgan fingerprint density at radius 2 is 1.79 bits per heavy atom. The van der Waals surface area contributed by atoms with Gasteiger partial charge in [-0.25, -0.2) is 8.42 Å². The fraction of sp³-hybridized carbons (Fsp3) is 0.409. The zero-order valence-corrected chi connectivity index (χ0v) is 18.0. The summed E-state index contributed by atoms with van der Waals surface area (Å²) in [7, 11) is -1.81. The van der Waals surface area contributed by atoms with E-state index < -0.39 is 16.1 Å². The molecule has 0 N–H and O–H groups in total. The summed E-state index contributed by atoms with van der Waals surface area (Å²) in [5.41, 5.74) is 3.02. The Morgan fingerprint density at radius 1 is 1.14 bits per heavy atom. The summed E-state index contributed by atoms with van der Waals surface area (Å²) in [4.78, 5) is 14.7. The minimum atomic E-state index is -3.51. The molecule has 3 rings (SSSR count). The van der Waals surface area contributed by atoms with E-state index in [1.54, 1.807) is 18.9 Å². The highest BCUT2D eigenvalue weighted by molar-refractivity contribution is 7.89. The smallest absolute Gasteiger partial charge is 0.241 e. The quantitative estimate of drug-likeness (QED) is 0.696. The molecule has 1 unspecified atom stereocenters. The van der Waals surface area contributed by atoms with Crippen LogP contribution in [0.2, 0.25) is 0 Å². The molecule has 0 saturated heterocycles. The van der Waals surface area contributed by atoms with E-state index in [2.05, 4.69) is 0 Å². The zero-order chi connectivity index (χ0) is 21.0. The lowest BCUT2D eigenvalue weighted by Gasteiger charge is -2.36. The number of fused-ring (bicyclic) bond motifs is 1. The molecule has 1 heterocycles. The molecule has 1 aliphatic heterocycles. The van der Waals surface area contributed by atoms with E-state index in [0.29, 0.717) is 19.6 Å². The summed E-state index contributed by atoms with van der Waals surface area (Å²) in [6, 6.07) is 14.7. The number of carbonyl (C=O) groups is 1. The van der Waals surface area contributed by atoms with Gasteiger partial charge in [-0.3, -0.25) is 4.79 Å². The normalized spacial score (nSPS) is 16.9. The Labute approximate surface area is 173 Å². The monoisotopic (exact) mass is 416 g/mol. The van der Waals surface area contributed by atoms with Crippen molar-refractivity contribution in [1.29, 1.82) is 0 Å². The maximum Gasteiger partial charge on any atom is 0.241 e. The van der Waals surface area contributed by atoms with Crippen molar-refractivity contribution < 1.29 is 17.9 Å². The molecule has 0 aromatic heterocycles. The third kappa shape index (κ3) is 4.79. The maximum atomic E-state index is 13.2. The SMILES string of the molecule is CCS(=O)(=O)N1Cc2ccccc2CC1C(=O)N(C)CCOc1ccccc1C. The summed E-state index contributed by atoms with van der Waals surface area (Å²) in [5.74, 6) is 0.555. The Morgan fingerprint density at radius 3 is 2.48 bits per heavy atom. The lowest BCUT2D eigenvalue weighted by molar-refractivity contribution is -0.134. The predicted molar refractivity (Wildman–Crippen MR) is 113 cm³/mol. The van der Waals surface area contributed by atoms with Gasteiger partial charge in [-0.2, -0.15) is 4.31 Å². The average Bonchev–Trinajstić information content (AvgIpc) is 2.73. The van der Waals surface area contributed by atoms with Crippen LogP contribution < -0.4 is 4.74 Å². The first kappa shape index (κ1) is 21.3. The molecule has 7 heteroatoms. The van der Waals surface area contributed by atoms with Crippen LogP contribution in [-0.2, 0) is 27.8 Å². The number of hydrogen-bond acceptors (Lipinski definition) is 4. The van der Waals surface area contributed by atoms with Crippen molar-refractivity contribution >= 4 is 15.9 Å². The molecule has 29 heavy (non-hydrogen) atoms.